The molecule has 0 bridgehead atoms. The fraction of sp³-hybridized carbons (Fsp3) is 0.211. The van der Waals surface area contributed by atoms with Crippen LogP contribution in [-0.2, 0) is 20.7 Å². The molecule has 0 aliphatic heterocycles. The first kappa shape index (κ1) is 18.2. The number of rotatable bonds is 6. The molecule has 2 aromatic rings. The molecule has 0 saturated carbocycles. The Morgan fingerprint density at radius 3 is 2.40 bits per heavy atom. The third-order valence-electron chi connectivity index (χ3n) is 3.51. The lowest BCUT2D eigenvalue weighted by molar-refractivity contribution is -0.123. The molecule has 0 aliphatic carbocycles. The maximum Gasteiger partial charge on any atom is 0.339 e. The van der Waals surface area contributed by atoms with Gasteiger partial charge in [0, 0.05) is 0 Å². The van der Waals surface area contributed by atoms with Gasteiger partial charge in [-0.25, -0.2) is 4.79 Å². The van der Waals surface area contributed by atoms with Crippen LogP contribution in [0.25, 0.3) is 0 Å². The summed E-state index contributed by atoms with van der Waals surface area (Å²) in [5.74, 6) is -1.21. The van der Waals surface area contributed by atoms with Gasteiger partial charge in [0.15, 0.2) is 0 Å². The molecule has 0 radical (unpaired) electrons. The number of aryl methyl sites for hydroxylation is 1. The summed E-state index contributed by atoms with van der Waals surface area (Å²) in [5.41, 5.74) is 2.35. The number of hydrogen-bond donors (Lipinski definition) is 2. The third kappa shape index (κ3) is 5.46. The lowest BCUT2D eigenvalue weighted by Gasteiger charge is -2.11. The average molecular weight is 340 g/mol. The fourth-order valence-electron chi connectivity index (χ4n) is 2.26. The smallest absolute Gasteiger partial charge is 0.339 e. The van der Waals surface area contributed by atoms with E-state index in [1.165, 1.54) is 7.11 Å². The van der Waals surface area contributed by atoms with Crippen molar-refractivity contribution in [3.63, 3.8) is 0 Å². The molecule has 2 N–H and O–H groups in total. The quantitative estimate of drug-likeness (QED) is 0.789. The van der Waals surface area contributed by atoms with Crippen LogP contribution in [0.3, 0.4) is 0 Å². The zero-order chi connectivity index (χ0) is 18.2. The van der Waals surface area contributed by atoms with E-state index in [-0.39, 0.29) is 24.4 Å². The van der Waals surface area contributed by atoms with Crippen molar-refractivity contribution < 1.29 is 19.1 Å². The normalized spacial score (nSPS) is 10.0. The summed E-state index contributed by atoms with van der Waals surface area (Å²) in [5, 5.41) is 5.18. The van der Waals surface area contributed by atoms with Gasteiger partial charge < -0.3 is 15.4 Å². The molecular weight excluding hydrogens is 320 g/mol. The lowest BCUT2D eigenvalue weighted by Crippen LogP contribution is -2.34. The molecule has 0 unspecified atom stereocenters. The summed E-state index contributed by atoms with van der Waals surface area (Å²) >= 11 is 0. The fourth-order valence-corrected chi connectivity index (χ4v) is 2.26. The molecule has 6 nitrogen and oxygen atoms in total. The van der Waals surface area contributed by atoms with Crippen molar-refractivity contribution in [2.24, 2.45) is 0 Å². The highest BCUT2D eigenvalue weighted by molar-refractivity contribution is 6.02. The number of benzene rings is 2. The Balaban J connectivity index is 1.92. The van der Waals surface area contributed by atoms with Crippen LogP contribution in [0.1, 0.15) is 21.5 Å². The molecule has 0 aromatic heterocycles. The number of esters is 1. The summed E-state index contributed by atoms with van der Waals surface area (Å²) in [6.45, 7) is 1.65. The van der Waals surface area contributed by atoms with Crippen molar-refractivity contribution in [3.8, 4) is 0 Å². The Hall–Kier alpha value is -3.15. The first-order valence-corrected chi connectivity index (χ1v) is 7.79. The van der Waals surface area contributed by atoms with E-state index in [9.17, 15) is 14.4 Å². The zero-order valence-electron chi connectivity index (χ0n) is 14.2. The van der Waals surface area contributed by atoms with E-state index in [4.69, 9.17) is 4.74 Å². The van der Waals surface area contributed by atoms with Gasteiger partial charge in [-0.05, 0) is 24.6 Å². The van der Waals surface area contributed by atoms with E-state index in [1.54, 1.807) is 18.2 Å². The first-order valence-electron chi connectivity index (χ1n) is 7.79. The van der Waals surface area contributed by atoms with Crippen molar-refractivity contribution in [2.45, 2.75) is 13.3 Å². The summed E-state index contributed by atoms with van der Waals surface area (Å²) < 4.78 is 4.72. The second-order valence-electron chi connectivity index (χ2n) is 5.53. The molecule has 25 heavy (non-hydrogen) atoms. The van der Waals surface area contributed by atoms with Crippen molar-refractivity contribution in [1.82, 2.24) is 5.32 Å². The van der Waals surface area contributed by atoms with Crippen LogP contribution in [0.5, 0.6) is 0 Å². The van der Waals surface area contributed by atoms with Crippen LogP contribution in [-0.4, -0.2) is 31.4 Å². The molecule has 2 rings (SSSR count). The number of hydrogen-bond acceptors (Lipinski definition) is 4. The number of anilines is 1. The Morgan fingerprint density at radius 1 is 1.00 bits per heavy atom. The second-order valence-corrected chi connectivity index (χ2v) is 5.53. The minimum Gasteiger partial charge on any atom is -0.465 e. The van der Waals surface area contributed by atoms with Crippen LogP contribution in [0, 0.1) is 6.92 Å². The summed E-state index contributed by atoms with van der Waals surface area (Å²) in [6.07, 6.45) is 0.200. The van der Waals surface area contributed by atoms with Gasteiger partial charge in [0.1, 0.15) is 0 Å². The van der Waals surface area contributed by atoms with E-state index in [0.29, 0.717) is 5.69 Å². The maximum absolute atomic E-state index is 12.0. The lowest BCUT2D eigenvalue weighted by atomic mass is 10.1. The molecule has 2 aromatic carbocycles. The largest absolute Gasteiger partial charge is 0.465 e. The number of nitrogens with one attached hydrogen (secondary N) is 2. The molecule has 0 heterocycles. The number of amides is 2. The number of ether oxygens (including phenoxy) is 1. The van der Waals surface area contributed by atoms with Crippen LogP contribution in [0.4, 0.5) is 5.69 Å². The van der Waals surface area contributed by atoms with E-state index in [1.807, 2.05) is 37.3 Å². The Morgan fingerprint density at radius 2 is 1.72 bits per heavy atom. The van der Waals surface area contributed by atoms with Crippen molar-refractivity contribution in [1.29, 1.82) is 0 Å². The van der Waals surface area contributed by atoms with Crippen molar-refractivity contribution >= 4 is 23.5 Å². The Bertz CT molecular complexity index is 772. The van der Waals surface area contributed by atoms with Crippen LogP contribution in [0.2, 0.25) is 0 Å². The van der Waals surface area contributed by atoms with E-state index in [0.717, 1.165) is 11.1 Å². The summed E-state index contributed by atoms with van der Waals surface area (Å²) in [6, 6.07) is 14.3. The third-order valence-corrected chi connectivity index (χ3v) is 3.51. The molecule has 0 aliphatic rings. The predicted octanol–water partition coefficient (Wildman–Crippen LogP) is 2.08. The second kappa shape index (κ2) is 8.63. The van der Waals surface area contributed by atoms with Gasteiger partial charge in [0.2, 0.25) is 11.8 Å². The van der Waals surface area contributed by atoms with Crippen LogP contribution >= 0.6 is 0 Å². The molecular formula is C19H20N2O4. The first-order chi connectivity index (χ1) is 12.0. The molecule has 0 spiro atoms. The van der Waals surface area contributed by atoms with Gasteiger partial charge >= 0.3 is 5.97 Å². The molecule has 2 amide bonds. The zero-order valence-corrected chi connectivity index (χ0v) is 14.2. The SMILES string of the molecule is COC(=O)c1cc(C)ccc1NC(=O)CNC(=O)Cc1ccccc1. The molecule has 6 heteroatoms. The van der Waals surface area contributed by atoms with E-state index >= 15 is 0 Å². The molecule has 0 saturated heterocycles. The van der Waals surface area contributed by atoms with Crippen LogP contribution in [0.15, 0.2) is 48.5 Å². The minimum atomic E-state index is -0.535. The Kier molecular flexibility index (Phi) is 6.28. The summed E-state index contributed by atoms with van der Waals surface area (Å²) in [4.78, 5) is 35.7. The number of methoxy groups -OCH3 is 1. The van der Waals surface area contributed by atoms with Crippen molar-refractivity contribution in [2.75, 3.05) is 19.0 Å². The molecule has 0 fully saturated rings. The van der Waals surface area contributed by atoms with E-state index < -0.39 is 11.9 Å². The maximum atomic E-state index is 12.0. The van der Waals surface area contributed by atoms with Gasteiger partial charge in [-0.3, -0.25) is 9.59 Å². The highest BCUT2D eigenvalue weighted by atomic mass is 16.5. The van der Waals surface area contributed by atoms with Gasteiger partial charge in [-0.1, -0.05) is 42.0 Å². The molecule has 130 valence electrons. The van der Waals surface area contributed by atoms with Crippen LogP contribution < -0.4 is 10.6 Å². The minimum absolute atomic E-state index is 0.180. The number of carbonyl (C=O) groups is 3. The standard InChI is InChI=1S/C19H20N2O4/c1-13-8-9-16(15(10-13)19(24)25-2)21-18(23)12-20-17(22)11-14-6-4-3-5-7-14/h3-10H,11-12H2,1-2H3,(H,20,22)(H,21,23). The summed E-state index contributed by atoms with van der Waals surface area (Å²) in [7, 11) is 1.28. The highest BCUT2D eigenvalue weighted by Gasteiger charge is 2.14. The Labute approximate surface area is 146 Å². The van der Waals surface area contributed by atoms with Gasteiger partial charge in [0.25, 0.3) is 0 Å². The highest BCUT2D eigenvalue weighted by Crippen LogP contribution is 2.18. The van der Waals surface area contributed by atoms with E-state index in [2.05, 4.69) is 10.6 Å². The monoisotopic (exact) mass is 340 g/mol. The van der Waals surface area contributed by atoms with Crippen molar-refractivity contribution in [3.05, 3.63) is 65.2 Å². The van der Waals surface area contributed by atoms with Gasteiger partial charge in [0.05, 0.1) is 31.3 Å². The average Bonchev–Trinajstić information content (AvgIpc) is 2.61. The molecule has 0 atom stereocenters. The number of carbonyl (C=O) groups excluding carboxylic acids is 3. The predicted molar refractivity (Wildman–Crippen MR) is 94.3 cm³/mol. The van der Waals surface area contributed by atoms with Gasteiger partial charge in [-0.15, -0.1) is 0 Å². The van der Waals surface area contributed by atoms with Gasteiger partial charge in [-0.2, -0.15) is 0 Å². The topological polar surface area (TPSA) is 84.5 Å².